The van der Waals surface area contributed by atoms with Crippen molar-refractivity contribution in [1.82, 2.24) is 10.9 Å². The Labute approximate surface area is 155 Å². The summed E-state index contributed by atoms with van der Waals surface area (Å²) in [5.41, 5.74) is 8.25. The molecule has 0 aliphatic carbocycles. The number of nitrogens with zero attached hydrogens (tertiary/aromatic N) is 1. The van der Waals surface area contributed by atoms with E-state index in [2.05, 4.69) is 10.9 Å². The zero-order valence-corrected chi connectivity index (χ0v) is 14.6. The Kier molecular flexibility index (Phi) is 4.51. The second-order valence-electron chi connectivity index (χ2n) is 6.69. The van der Waals surface area contributed by atoms with Crippen LogP contribution in [0, 0.1) is 16.0 Å². The van der Waals surface area contributed by atoms with Crippen LogP contribution in [0.2, 0.25) is 0 Å². The standard InChI is InChI=1S/C19H19N3O5/c1-26-14-8-4-12(5-9-14)18-17-15(10-16(23)27-19(17)21-20-18)11-2-6-13(7-3-11)22(24)25/h2-9,15,17-21H,10H2,1H3. The van der Waals surface area contributed by atoms with Gasteiger partial charge in [0.05, 0.1) is 24.5 Å². The largest absolute Gasteiger partial charge is 0.497 e. The van der Waals surface area contributed by atoms with E-state index in [1.165, 1.54) is 12.1 Å². The Bertz CT molecular complexity index is 853. The zero-order valence-electron chi connectivity index (χ0n) is 14.6. The highest BCUT2D eigenvalue weighted by molar-refractivity contribution is 5.72. The summed E-state index contributed by atoms with van der Waals surface area (Å²) in [5, 5.41) is 10.9. The number of hydrazine groups is 1. The molecule has 2 fully saturated rings. The second kappa shape index (κ2) is 6.98. The lowest BCUT2D eigenvalue weighted by atomic mass is 9.76. The van der Waals surface area contributed by atoms with Crippen LogP contribution in [-0.4, -0.2) is 24.2 Å². The maximum absolute atomic E-state index is 12.1. The Morgan fingerprint density at radius 1 is 1.07 bits per heavy atom. The predicted octanol–water partition coefficient (Wildman–Crippen LogP) is 2.43. The van der Waals surface area contributed by atoms with E-state index in [0.29, 0.717) is 0 Å². The highest BCUT2D eigenvalue weighted by Crippen LogP contribution is 2.45. The lowest BCUT2D eigenvalue weighted by molar-refractivity contribution is -0.384. The summed E-state index contributed by atoms with van der Waals surface area (Å²) >= 11 is 0. The number of hydrogen-bond acceptors (Lipinski definition) is 7. The van der Waals surface area contributed by atoms with Crippen LogP contribution in [0.25, 0.3) is 0 Å². The van der Waals surface area contributed by atoms with E-state index in [0.717, 1.165) is 16.9 Å². The van der Waals surface area contributed by atoms with E-state index in [9.17, 15) is 14.9 Å². The van der Waals surface area contributed by atoms with Crippen LogP contribution < -0.4 is 15.6 Å². The number of hydrogen-bond donors (Lipinski definition) is 2. The van der Waals surface area contributed by atoms with Gasteiger partial charge in [-0.05, 0) is 23.3 Å². The summed E-state index contributed by atoms with van der Waals surface area (Å²) in [6.07, 6.45) is -0.229. The third kappa shape index (κ3) is 3.24. The van der Waals surface area contributed by atoms with E-state index >= 15 is 0 Å². The van der Waals surface area contributed by atoms with E-state index in [4.69, 9.17) is 9.47 Å². The van der Waals surface area contributed by atoms with Crippen LogP contribution in [0.1, 0.15) is 29.5 Å². The van der Waals surface area contributed by atoms with E-state index in [1.807, 2.05) is 24.3 Å². The molecule has 2 aromatic rings. The number of ether oxygens (including phenoxy) is 2. The fourth-order valence-electron chi connectivity index (χ4n) is 3.90. The second-order valence-corrected chi connectivity index (χ2v) is 6.69. The smallest absolute Gasteiger partial charge is 0.308 e. The third-order valence-corrected chi connectivity index (χ3v) is 5.23. The molecule has 27 heavy (non-hydrogen) atoms. The van der Waals surface area contributed by atoms with Crippen LogP contribution >= 0.6 is 0 Å². The van der Waals surface area contributed by atoms with Gasteiger partial charge in [-0.2, -0.15) is 0 Å². The molecular weight excluding hydrogens is 350 g/mol. The number of fused-ring (bicyclic) bond motifs is 1. The highest BCUT2D eigenvalue weighted by Gasteiger charge is 2.48. The van der Waals surface area contributed by atoms with Gasteiger partial charge in [-0.25, -0.2) is 10.9 Å². The molecule has 2 aromatic carbocycles. The lowest BCUT2D eigenvalue weighted by Crippen LogP contribution is -2.42. The Morgan fingerprint density at radius 2 is 1.74 bits per heavy atom. The summed E-state index contributed by atoms with van der Waals surface area (Å²) < 4.78 is 10.7. The van der Waals surface area contributed by atoms with Crippen molar-refractivity contribution in [3.63, 3.8) is 0 Å². The van der Waals surface area contributed by atoms with Gasteiger partial charge in [0.2, 0.25) is 0 Å². The number of carbonyl (C=O) groups is 1. The first-order valence-electron chi connectivity index (χ1n) is 8.65. The van der Waals surface area contributed by atoms with Crippen LogP contribution in [0.5, 0.6) is 5.75 Å². The number of esters is 1. The Hall–Kier alpha value is -2.97. The van der Waals surface area contributed by atoms with E-state index in [1.54, 1.807) is 19.2 Å². The number of benzene rings is 2. The monoisotopic (exact) mass is 369 g/mol. The van der Waals surface area contributed by atoms with Gasteiger partial charge in [-0.3, -0.25) is 14.9 Å². The maximum atomic E-state index is 12.1. The van der Waals surface area contributed by atoms with Crippen molar-refractivity contribution in [1.29, 1.82) is 0 Å². The molecule has 2 aliphatic rings. The number of nitrogens with one attached hydrogen (secondary N) is 2. The number of nitro benzene ring substituents is 1. The molecule has 8 nitrogen and oxygen atoms in total. The summed E-state index contributed by atoms with van der Waals surface area (Å²) in [5.74, 6) is 0.316. The lowest BCUT2D eigenvalue weighted by Gasteiger charge is -2.35. The first-order chi connectivity index (χ1) is 13.1. The van der Waals surface area contributed by atoms with Crippen LogP contribution in [-0.2, 0) is 9.53 Å². The molecule has 140 valence electrons. The number of nitro groups is 1. The minimum atomic E-state index is -0.460. The maximum Gasteiger partial charge on any atom is 0.308 e. The quantitative estimate of drug-likeness (QED) is 0.485. The predicted molar refractivity (Wildman–Crippen MR) is 95.8 cm³/mol. The topological polar surface area (TPSA) is 103 Å². The number of carbonyl (C=O) groups excluding carboxylic acids is 1. The normalized spacial score (nSPS) is 26.9. The van der Waals surface area contributed by atoms with Gasteiger partial charge in [0.15, 0.2) is 6.23 Å². The first-order valence-corrected chi connectivity index (χ1v) is 8.65. The van der Waals surface area contributed by atoms with Crippen molar-refractivity contribution < 1.29 is 19.2 Å². The van der Waals surface area contributed by atoms with Gasteiger partial charge < -0.3 is 9.47 Å². The van der Waals surface area contributed by atoms with Gasteiger partial charge in [0.1, 0.15) is 5.75 Å². The molecule has 0 bridgehead atoms. The average Bonchev–Trinajstić information content (AvgIpc) is 3.11. The summed E-state index contributed by atoms with van der Waals surface area (Å²) in [6.45, 7) is 0. The molecule has 0 radical (unpaired) electrons. The molecule has 2 N–H and O–H groups in total. The molecule has 4 unspecified atom stereocenters. The SMILES string of the molecule is COc1ccc(C2NNC3OC(=O)CC(c4ccc([N+](=O)[O-])cc4)C32)cc1. The van der Waals surface area contributed by atoms with Crippen molar-refractivity contribution in [3.05, 3.63) is 69.8 Å². The van der Waals surface area contributed by atoms with Gasteiger partial charge in [-0.1, -0.05) is 24.3 Å². The molecule has 2 heterocycles. The molecule has 0 amide bonds. The molecule has 4 rings (SSSR count). The van der Waals surface area contributed by atoms with Crippen molar-refractivity contribution >= 4 is 11.7 Å². The molecule has 2 saturated heterocycles. The fourth-order valence-corrected chi connectivity index (χ4v) is 3.90. The van der Waals surface area contributed by atoms with E-state index < -0.39 is 11.2 Å². The first kappa shape index (κ1) is 17.4. The van der Waals surface area contributed by atoms with Crippen LogP contribution in [0.3, 0.4) is 0 Å². The average molecular weight is 369 g/mol. The van der Waals surface area contributed by atoms with Crippen molar-refractivity contribution in [2.75, 3.05) is 7.11 Å². The summed E-state index contributed by atoms with van der Waals surface area (Å²) in [7, 11) is 1.62. The van der Waals surface area contributed by atoms with Crippen molar-refractivity contribution in [2.24, 2.45) is 5.92 Å². The summed E-state index contributed by atoms with van der Waals surface area (Å²) in [6, 6.07) is 14.1. The van der Waals surface area contributed by atoms with Gasteiger partial charge >= 0.3 is 5.97 Å². The minimum Gasteiger partial charge on any atom is -0.497 e. The number of non-ortho nitro benzene ring substituents is 1. The van der Waals surface area contributed by atoms with Crippen LogP contribution in [0.15, 0.2) is 48.5 Å². The van der Waals surface area contributed by atoms with Crippen molar-refractivity contribution in [3.8, 4) is 5.75 Å². The Balaban J connectivity index is 1.66. The molecule has 0 saturated carbocycles. The fraction of sp³-hybridized carbons (Fsp3) is 0.316. The number of methoxy groups -OCH3 is 1. The van der Waals surface area contributed by atoms with E-state index in [-0.39, 0.29) is 36.0 Å². The highest BCUT2D eigenvalue weighted by atomic mass is 16.6. The minimum absolute atomic E-state index is 0.0306. The zero-order chi connectivity index (χ0) is 19.0. The molecular formula is C19H19N3O5. The summed E-state index contributed by atoms with van der Waals surface area (Å²) in [4.78, 5) is 22.6. The number of rotatable bonds is 4. The Morgan fingerprint density at radius 3 is 2.37 bits per heavy atom. The van der Waals surface area contributed by atoms with Crippen LogP contribution in [0.4, 0.5) is 5.69 Å². The molecule has 8 heteroatoms. The van der Waals surface area contributed by atoms with Gasteiger partial charge in [-0.15, -0.1) is 0 Å². The third-order valence-electron chi connectivity index (χ3n) is 5.23. The van der Waals surface area contributed by atoms with Gasteiger partial charge in [0, 0.05) is 24.0 Å². The molecule has 4 atom stereocenters. The molecule has 0 spiro atoms. The van der Waals surface area contributed by atoms with Crippen molar-refractivity contribution in [2.45, 2.75) is 24.6 Å². The molecule has 0 aromatic heterocycles. The van der Waals surface area contributed by atoms with Gasteiger partial charge in [0.25, 0.3) is 5.69 Å². The molecule has 2 aliphatic heterocycles.